The Bertz CT molecular complexity index is 389. The third-order valence-electron chi connectivity index (χ3n) is 1.84. The molecule has 0 fully saturated rings. The van der Waals surface area contributed by atoms with E-state index < -0.39 is 18.0 Å². The van der Waals surface area contributed by atoms with Crippen molar-refractivity contribution in [2.45, 2.75) is 33.0 Å². The Hall–Kier alpha value is -1.91. The topological polar surface area (TPSA) is 65.5 Å². The second kappa shape index (κ2) is 5.98. The zero-order chi connectivity index (χ0) is 12.8. The molecule has 0 aliphatic carbocycles. The van der Waals surface area contributed by atoms with E-state index in [1.165, 1.54) is 13.1 Å². The van der Waals surface area contributed by atoms with Gasteiger partial charge in [0.2, 0.25) is 6.10 Å². The highest BCUT2D eigenvalue weighted by atomic mass is 16.6. The van der Waals surface area contributed by atoms with Gasteiger partial charge in [-0.15, -0.1) is 0 Å². The quantitative estimate of drug-likeness (QED) is 0.745. The van der Waals surface area contributed by atoms with Crippen LogP contribution in [0.15, 0.2) is 24.5 Å². The van der Waals surface area contributed by atoms with Crippen LogP contribution in [0.5, 0.6) is 0 Å². The number of aromatic nitrogens is 1. The van der Waals surface area contributed by atoms with Crippen LogP contribution in [0.25, 0.3) is 0 Å². The summed E-state index contributed by atoms with van der Waals surface area (Å²) in [4.78, 5) is 26.6. The van der Waals surface area contributed by atoms with Gasteiger partial charge in [0.25, 0.3) is 0 Å². The molecule has 0 amide bonds. The predicted octanol–water partition coefficient (Wildman–Crippen LogP) is 1.64. The predicted molar refractivity (Wildman–Crippen MR) is 60.0 cm³/mol. The molecule has 1 rings (SSSR count). The average Bonchev–Trinajstić information content (AvgIpc) is 2.25. The summed E-state index contributed by atoms with van der Waals surface area (Å²) in [7, 11) is 0. The van der Waals surface area contributed by atoms with Gasteiger partial charge in [-0.25, -0.2) is 4.79 Å². The van der Waals surface area contributed by atoms with Crippen molar-refractivity contribution in [1.82, 2.24) is 4.98 Å². The molecule has 0 N–H and O–H groups in total. The average molecular weight is 237 g/mol. The number of carbonyl (C=O) groups is 2. The minimum Gasteiger partial charge on any atom is -0.460 e. The lowest BCUT2D eigenvalue weighted by Crippen LogP contribution is -2.23. The first-order chi connectivity index (χ1) is 8.00. The van der Waals surface area contributed by atoms with Gasteiger partial charge in [0.05, 0.1) is 6.10 Å². The first-order valence-electron chi connectivity index (χ1n) is 5.28. The van der Waals surface area contributed by atoms with Gasteiger partial charge >= 0.3 is 11.9 Å². The Morgan fingerprint density at radius 1 is 1.29 bits per heavy atom. The summed E-state index contributed by atoms with van der Waals surface area (Å²) in [5.74, 6) is -1.14. The van der Waals surface area contributed by atoms with E-state index in [9.17, 15) is 9.59 Å². The van der Waals surface area contributed by atoms with Crippen LogP contribution < -0.4 is 0 Å². The zero-order valence-electron chi connectivity index (χ0n) is 10.0. The maximum absolute atomic E-state index is 11.8. The number of carbonyl (C=O) groups excluding carboxylic acids is 2. The van der Waals surface area contributed by atoms with Crippen LogP contribution in [0.4, 0.5) is 0 Å². The van der Waals surface area contributed by atoms with Crippen molar-refractivity contribution in [3.8, 4) is 0 Å². The largest absolute Gasteiger partial charge is 0.460 e. The summed E-state index contributed by atoms with van der Waals surface area (Å²) in [5, 5.41) is 0. The molecule has 0 bridgehead atoms. The van der Waals surface area contributed by atoms with Crippen LogP contribution in [0.1, 0.15) is 32.4 Å². The molecule has 0 saturated heterocycles. The number of hydrogen-bond acceptors (Lipinski definition) is 5. The maximum atomic E-state index is 11.8. The first-order valence-corrected chi connectivity index (χ1v) is 5.28. The van der Waals surface area contributed by atoms with Crippen molar-refractivity contribution in [2.75, 3.05) is 0 Å². The molecule has 0 saturated carbocycles. The van der Waals surface area contributed by atoms with Crippen LogP contribution >= 0.6 is 0 Å². The first kappa shape index (κ1) is 13.2. The van der Waals surface area contributed by atoms with Crippen molar-refractivity contribution in [2.24, 2.45) is 0 Å². The fourth-order valence-electron chi connectivity index (χ4n) is 1.24. The molecule has 0 aliphatic rings. The number of pyridine rings is 1. The van der Waals surface area contributed by atoms with Crippen LogP contribution in [0.3, 0.4) is 0 Å². The molecular weight excluding hydrogens is 222 g/mol. The number of hydrogen-bond donors (Lipinski definition) is 0. The van der Waals surface area contributed by atoms with E-state index in [1.807, 2.05) is 0 Å². The van der Waals surface area contributed by atoms with Crippen molar-refractivity contribution in [3.63, 3.8) is 0 Å². The lowest BCUT2D eigenvalue weighted by atomic mass is 10.1. The zero-order valence-corrected chi connectivity index (χ0v) is 10.0. The van der Waals surface area contributed by atoms with Crippen LogP contribution in [0.2, 0.25) is 0 Å². The molecule has 1 unspecified atom stereocenters. The monoisotopic (exact) mass is 237 g/mol. The van der Waals surface area contributed by atoms with Gasteiger partial charge in [0.1, 0.15) is 0 Å². The molecule has 5 heteroatoms. The molecule has 0 aliphatic heterocycles. The summed E-state index contributed by atoms with van der Waals surface area (Å²) in [6.07, 6.45) is 1.72. The minimum absolute atomic E-state index is 0.266. The molecule has 0 spiro atoms. The second-order valence-corrected chi connectivity index (χ2v) is 3.76. The highest BCUT2D eigenvalue weighted by Crippen LogP contribution is 2.19. The van der Waals surface area contributed by atoms with Gasteiger partial charge in [-0.3, -0.25) is 9.78 Å². The summed E-state index contributed by atoms with van der Waals surface area (Å²) in [6, 6.07) is 3.32. The molecule has 5 nitrogen and oxygen atoms in total. The summed E-state index contributed by atoms with van der Waals surface area (Å²) < 4.78 is 9.97. The number of rotatable bonds is 4. The number of nitrogens with zero attached hydrogens (tertiary/aromatic N) is 1. The molecule has 1 aromatic rings. The third-order valence-corrected chi connectivity index (χ3v) is 1.84. The van der Waals surface area contributed by atoms with Crippen molar-refractivity contribution >= 4 is 11.9 Å². The Kier molecular flexibility index (Phi) is 4.63. The van der Waals surface area contributed by atoms with Crippen LogP contribution in [-0.4, -0.2) is 23.0 Å². The molecule has 0 aromatic carbocycles. The molecule has 1 aromatic heterocycles. The van der Waals surface area contributed by atoms with Crippen molar-refractivity contribution in [3.05, 3.63) is 30.1 Å². The lowest BCUT2D eigenvalue weighted by Gasteiger charge is -2.17. The van der Waals surface area contributed by atoms with Gasteiger partial charge < -0.3 is 9.47 Å². The molecule has 17 heavy (non-hydrogen) atoms. The normalized spacial score (nSPS) is 12.0. The van der Waals surface area contributed by atoms with Gasteiger partial charge in [0, 0.05) is 24.9 Å². The molecule has 1 atom stereocenters. The van der Waals surface area contributed by atoms with Gasteiger partial charge in [-0.2, -0.15) is 0 Å². The summed E-state index contributed by atoms with van der Waals surface area (Å²) >= 11 is 0. The third kappa shape index (κ3) is 4.22. The van der Waals surface area contributed by atoms with Crippen molar-refractivity contribution < 1.29 is 19.1 Å². The second-order valence-electron chi connectivity index (χ2n) is 3.76. The molecular formula is C12H15NO4. The Morgan fingerprint density at radius 3 is 2.47 bits per heavy atom. The van der Waals surface area contributed by atoms with E-state index in [4.69, 9.17) is 9.47 Å². The maximum Gasteiger partial charge on any atom is 0.352 e. The van der Waals surface area contributed by atoms with E-state index in [2.05, 4.69) is 4.98 Å². The lowest BCUT2D eigenvalue weighted by molar-refractivity contribution is -0.170. The minimum atomic E-state index is -1.05. The standard InChI is InChI=1S/C12H15NO4/c1-8(2)16-12(15)11(17-9(3)14)10-5-4-6-13-7-10/h4-8,11H,1-3H3. The highest BCUT2D eigenvalue weighted by Gasteiger charge is 2.26. The Morgan fingerprint density at radius 2 is 2.00 bits per heavy atom. The Labute approximate surface area is 99.8 Å². The Balaban J connectivity index is 2.88. The van der Waals surface area contributed by atoms with E-state index in [-0.39, 0.29) is 6.10 Å². The van der Waals surface area contributed by atoms with E-state index in [0.717, 1.165) is 0 Å². The smallest absolute Gasteiger partial charge is 0.352 e. The molecule has 92 valence electrons. The summed E-state index contributed by atoms with van der Waals surface area (Å²) in [6.45, 7) is 4.70. The fraction of sp³-hybridized carbons (Fsp3) is 0.417. The van der Waals surface area contributed by atoms with E-state index >= 15 is 0 Å². The fourth-order valence-corrected chi connectivity index (χ4v) is 1.24. The van der Waals surface area contributed by atoms with E-state index in [1.54, 1.807) is 32.2 Å². The highest BCUT2D eigenvalue weighted by molar-refractivity contribution is 5.80. The number of ether oxygens (including phenoxy) is 2. The molecule has 0 radical (unpaired) electrons. The van der Waals surface area contributed by atoms with Crippen molar-refractivity contribution in [1.29, 1.82) is 0 Å². The SMILES string of the molecule is CC(=O)OC(C(=O)OC(C)C)c1cccnc1. The van der Waals surface area contributed by atoms with Gasteiger partial charge in [0.15, 0.2) is 0 Å². The van der Waals surface area contributed by atoms with E-state index in [0.29, 0.717) is 5.56 Å². The van der Waals surface area contributed by atoms with Gasteiger partial charge in [-0.1, -0.05) is 6.07 Å². The van der Waals surface area contributed by atoms with Crippen LogP contribution in [-0.2, 0) is 19.1 Å². The summed E-state index contributed by atoms with van der Waals surface area (Å²) in [5.41, 5.74) is 0.494. The number of esters is 2. The van der Waals surface area contributed by atoms with Gasteiger partial charge in [-0.05, 0) is 19.9 Å². The van der Waals surface area contributed by atoms with Crippen LogP contribution in [0, 0.1) is 0 Å². The molecule has 1 heterocycles.